The second-order valence-corrected chi connectivity index (χ2v) is 7.44. The molecule has 0 aromatic heterocycles. The van der Waals surface area contributed by atoms with E-state index in [1.165, 1.54) is 12.5 Å². The normalized spacial score (nSPS) is 11.5. The average molecular weight is 438 g/mol. The van der Waals surface area contributed by atoms with Gasteiger partial charge in [0.2, 0.25) is 0 Å². The molecule has 0 aliphatic heterocycles. The highest BCUT2D eigenvalue weighted by Gasteiger charge is 2.21. The lowest BCUT2D eigenvalue weighted by Gasteiger charge is -2.15. The highest BCUT2D eigenvalue weighted by molar-refractivity contribution is 6.30. The maximum atomic E-state index is 12.7. The molecule has 0 saturated heterocycles. The summed E-state index contributed by atoms with van der Waals surface area (Å²) in [5.74, 6) is -0.655. The lowest BCUT2D eigenvalue weighted by atomic mass is 10.1. The van der Waals surface area contributed by atoms with E-state index < -0.39 is 18.0 Å². The van der Waals surface area contributed by atoms with Crippen LogP contribution in [-0.2, 0) is 22.6 Å². The molecule has 1 unspecified atom stereocenters. The number of anilines is 1. The molecule has 0 heterocycles. The number of carbonyl (C=O) groups excluding carboxylic acids is 2. The van der Waals surface area contributed by atoms with Gasteiger partial charge < -0.3 is 14.8 Å². The van der Waals surface area contributed by atoms with Crippen molar-refractivity contribution in [2.75, 3.05) is 5.32 Å². The number of hydrogen-bond acceptors (Lipinski definition) is 4. The quantitative estimate of drug-likeness (QED) is 0.461. The number of amides is 1. The summed E-state index contributed by atoms with van der Waals surface area (Å²) in [6.45, 7) is 3.86. The number of ether oxygens (including phenoxy) is 2. The van der Waals surface area contributed by atoms with Crippen molar-refractivity contribution in [1.29, 1.82) is 0 Å². The van der Waals surface area contributed by atoms with Crippen LogP contribution in [0.4, 0.5) is 5.69 Å². The van der Waals surface area contributed by atoms with Crippen molar-refractivity contribution < 1.29 is 19.1 Å². The molecule has 3 aromatic carbocycles. The van der Waals surface area contributed by atoms with Gasteiger partial charge >= 0.3 is 5.97 Å². The highest BCUT2D eigenvalue weighted by atomic mass is 35.5. The Kier molecular flexibility index (Phi) is 7.68. The van der Waals surface area contributed by atoms with Crippen molar-refractivity contribution in [2.45, 2.75) is 33.0 Å². The molecule has 1 atom stereocenters. The van der Waals surface area contributed by atoms with Crippen LogP contribution in [0, 0.1) is 0 Å². The van der Waals surface area contributed by atoms with Crippen molar-refractivity contribution in [3.63, 3.8) is 0 Å². The van der Waals surface area contributed by atoms with E-state index in [0.29, 0.717) is 16.5 Å². The Morgan fingerprint density at radius 2 is 1.58 bits per heavy atom. The summed E-state index contributed by atoms with van der Waals surface area (Å²) in [6.07, 6.45) is -0.0514. The summed E-state index contributed by atoms with van der Waals surface area (Å²) in [6, 6.07) is 21.6. The minimum absolute atomic E-state index is 0.253. The third-order valence-corrected chi connectivity index (χ3v) is 4.95. The van der Waals surface area contributed by atoms with E-state index in [0.717, 1.165) is 12.0 Å². The first-order valence-electron chi connectivity index (χ1n) is 10.0. The van der Waals surface area contributed by atoms with Gasteiger partial charge in [-0.25, -0.2) is 4.79 Å². The monoisotopic (exact) mass is 437 g/mol. The van der Waals surface area contributed by atoms with Gasteiger partial charge in [-0.3, -0.25) is 4.79 Å². The van der Waals surface area contributed by atoms with E-state index in [2.05, 4.69) is 12.2 Å². The molecule has 0 aliphatic carbocycles. The van der Waals surface area contributed by atoms with Crippen LogP contribution in [0.1, 0.15) is 35.3 Å². The smallest absolute Gasteiger partial charge is 0.342 e. The van der Waals surface area contributed by atoms with E-state index >= 15 is 0 Å². The van der Waals surface area contributed by atoms with Gasteiger partial charge in [0.1, 0.15) is 17.9 Å². The minimum Gasteiger partial charge on any atom is -0.488 e. The van der Waals surface area contributed by atoms with Gasteiger partial charge in [-0.05, 0) is 60.9 Å². The van der Waals surface area contributed by atoms with E-state index in [-0.39, 0.29) is 12.2 Å². The molecule has 1 N–H and O–H groups in total. The summed E-state index contributed by atoms with van der Waals surface area (Å²) in [7, 11) is 0. The molecule has 31 heavy (non-hydrogen) atoms. The fraction of sp³-hybridized carbons (Fsp3) is 0.200. The van der Waals surface area contributed by atoms with E-state index in [1.807, 2.05) is 36.4 Å². The molecule has 5 nitrogen and oxygen atoms in total. The van der Waals surface area contributed by atoms with Crippen LogP contribution >= 0.6 is 11.6 Å². The molecule has 3 rings (SSSR count). The topological polar surface area (TPSA) is 64.6 Å². The van der Waals surface area contributed by atoms with Crippen LogP contribution in [0.3, 0.4) is 0 Å². The molecule has 0 fully saturated rings. The van der Waals surface area contributed by atoms with Gasteiger partial charge in [0.05, 0.1) is 0 Å². The fourth-order valence-electron chi connectivity index (χ4n) is 2.85. The zero-order valence-corrected chi connectivity index (χ0v) is 18.2. The van der Waals surface area contributed by atoms with E-state index in [9.17, 15) is 9.59 Å². The molecule has 0 aliphatic rings. The van der Waals surface area contributed by atoms with Crippen LogP contribution in [0.25, 0.3) is 0 Å². The summed E-state index contributed by atoms with van der Waals surface area (Å²) in [4.78, 5) is 25.1. The zero-order chi connectivity index (χ0) is 22.2. The van der Waals surface area contributed by atoms with Gasteiger partial charge in [-0.2, -0.15) is 0 Å². The van der Waals surface area contributed by atoms with Gasteiger partial charge in [-0.15, -0.1) is 0 Å². The third-order valence-electron chi connectivity index (χ3n) is 4.70. The lowest BCUT2D eigenvalue weighted by Crippen LogP contribution is -2.30. The Hall–Kier alpha value is -3.31. The van der Waals surface area contributed by atoms with Crippen molar-refractivity contribution in [3.05, 3.63) is 94.5 Å². The van der Waals surface area contributed by atoms with Crippen LogP contribution in [0.5, 0.6) is 5.75 Å². The molecule has 0 radical (unpaired) electrons. The number of para-hydroxylation sites is 1. The van der Waals surface area contributed by atoms with Crippen LogP contribution in [0.15, 0.2) is 72.8 Å². The van der Waals surface area contributed by atoms with Crippen molar-refractivity contribution in [3.8, 4) is 5.75 Å². The first-order valence-corrected chi connectivity index (χ1v) is 10.4. The second-order valence-electron chi connectivity index (χ2n) is 7.00. The number of carbonyl (C=O) groups is 2. The minimum atomic E-state index is -0.970. The van der Waals surface area contributed by atoms with Crippen molar-refractivity contribution in [2.24, 2.45) is 0 Å². The summed E-state index contributed by atoms with van der Waals surface area (Å²) in [5.41, 5.74) is 2.99. The summed E-state index contributed by atoms with van der Waals surface area (Å²) in [5, 5.41) is 3.40. The summed E-state index contributed by atoms with van der Waals surface area (Å²) < 4.78 is 11.2. The Bertz CT molecular complexity index is 1030. The Labute approximate surface area is 187 Å². The molecule has 0 saturated carbocycles. The molecule has 3 aromatic rings. The Balaban J connectivity index is 1.61. The number of nitrogens with one attached hydrogen (secondary N) is 1. The van der Waals surface area contributed by atoms with Crippen LogP contribution in [0.2, 0.25) is 5.02 Å². The van der Waals surface area contributed by atoms with Crippen LogP contribution in [-0.4, -0.2) is 18.0 Å². The Morgan fingerprint density at radius 1 is 0.935 bits per heavy atom. The predicted molar refractivity (Wildman–Crippen MR) is 122 cm³/mol. The van der Waals surface area contributed by atoms with Crippen molar-refractivity contribution in [1.82, 2.24) is 0 Å². The van der Waals surface area contributed by atoms with E-state index in [1.54, 1.807) is 36.4 Å². The number of benzene rings is 3. The maximum absolute atomic E-state index is 12.7. The number of rotatable bonds is 8. The number of esters is 1. The first kappa shape index (κ1) is 22.4. The predicted octanol–water partition coefficient (Wildman–Crippen LogP) is 5.67. The number of halogens is 1. The van der Waals surface area contributed by atoms with Gasteiger partial charge in [-0.1, -0.05) is 54.9 Å². The SMILES string of the molecule is CCc1ccc(NC(=O)C(C)OC(=O)c2ccccc2OCc2ccc(Cl)cc2)cc1. The van der Waals surface area contributed by atoms with Crippen molar-refractivity contribution >= 4 is 29.2 Å². The standard InChI is InChI=1S/C25H24ClNO4/c1-3-18-10-14-21(15-11-18)27-24(28)17(2)31-25(29)22-6-4-5-7-23(22)30-16-19-8-12-20(26)13-9-19/h4-15,17H,3,16H2,1-2H3,(H,27,28). The third kappa shape index (κ3) is 6.33. The second kappa shape index (κ2) is 10.6. The van der Waals surface area contributed by atoms with Gasteiger partial charge in [0.15, 0.2) is 6.10 Å². The number of aryl methyl sites for hydroxylation is 1. The Morgan fingerprint density at radius 3 is 2.26 bits per heavy atom. The molecular weight excluding hydrogens is 414 g/mol. The average Bonchev–Trinajstić information content (AvgIpc) is 2.79. The highest BCUT2D eigenvalue weighted by Crippen LogP contribution is 2.22. The van der Waals surface area contributed by atoms with Crippen LogP contribution < -0.4 is 10.1 Å². The molecule has 6 heteroatoms. The zero-order valence-electron chi connectivity index (χ0n) is 17.4. The molecule has 1 amide bonds. The lowest BCUT2D eigenvalue weighted by molar-refractivity contribution is -0.123. The number of hydrogen-bond donors (Lipinski definition) is 1. The summed E-state index contributed by atoms with van der Waals surface area (Å²) >= 11 is 5.90. The molecule has 0 spiro atoms. The van der Waals surface area contributed by atoms with E-state index in [4.69, 9.17) is 21.1 Å². The van der Waals surface area contributed by atoms with Gasteiger partial charge in [0, 0.05) is 10.7 Å². The van der Waals surface area contributed by atoms with Gasteiger partial charge in [0.25, 0.3) is 5.91 Å². The molecule has 160 valence electrons. The molecular formula is C25H24ClNO4. The fourth-order valence-corrected chi connectivity index (χ4v) is 2.97. The first-order chi connectivity index (χ1) is 15.0. The molecule has 0 bridgehead atoms. The maximum Gasteiger partial charge on any atom is 0.342 e. The largest absolute Gasteiger partial charge is 0.488 e.